The van der Waals surface area contributed by atoms with Crippen molar-refractivity contribution < 1.29 is 28.2 Å². The highest BCUT2D eigenvalue weighted by molar-refractivity contribution is 6.32. The Morgan fingerprint density at radius 3 is 2.63 bits per heavy atom. The van der Waals surface area contributed by atoms with Crippen molar-refractivity contribution in [3.63, 3.8) is 0 Å². The van der Waals surface area contributed by atoms with E-state index >= 15 is 0 Å². The van der Waals surface area contributed by atoms with Gasteiger partial charge in [-0.05, 0) is 48.0 Å². The number of esters is 2. The third kappa shape index (κ3) is 3.97. The zero-order chi connectivity index (χ0) is 21.1. The predicted molar refractivity (Wildman–Crippen MR) is 109 cm³/mol. The molecular weight excluding hydrogens is 410 g/mol. The largest absolute Gasteiger partial charge is 0.493 e. The molecule has 0 spiro atoms. The van der Waals surface area contributed by atoms with E-state index < -0.39 is 11.9 Å². The summed E-state index contributed by atoms with van der Waals surface area (Å²) in [6, 6.07) is 14.9. The van der Waals surface area contributed by atoms with Gasteiger partial charge in [0.15, 0.2) is 23.0 Å². The summed E-state index contributed by atoms with van der Waals surface area (Å²) in [6.45, 7) is 0. The van der Waals surface area contributed by atoms with E-state index in [1.54, 1.807) is 48.5 Å². The topological polar surface area (TPSA) is 87.3 Å². The van der Waals surface area contributed by atoms with Crippen LogP contribution in [0.3, 0.4) is 0 Å². The van der Waals surface area contributed by atoms with E-state index in [0.29, 0.717) is 16.9 Å². The summed E-state index contributed by atoms with van der Waals surface area (Å²) in [5, 5.41) is 0.132. The molecule has 0 amide bonds. The lowest BCUT2D eigenvalue weighted by Crippen LogP contribution is -2.09. The highest BCUT2D eigenvalue weighted by Gasteiger charge is 2.26. The number of carbonyl (C=O) groups excluding carboxylic acids is 2. The number of rotatable bonds is 5. The van der Waals surface area contributed by atoms with Gasteiger partial charge in [-0.25, -0.2) is 14.6 Å². The van der Waals surface area contributed by atoms with Gasteiger partial charge in [0.05, 0.1) is 24.0 Å². The van der Waals surface area contributed by atoms with Crippen LogP contribution >= 0.6 is 11.6 Å². The molecule has 2 heterocycles. The maximum Gasteiger partial charge on any atom is 0.363 e. The van der Waals surface area contributed by atoms with E-state index in [0.717, 1.165) is 0 Å². The van der Waals surface area contributed by atoms with Crippen LogP contribution < -0.4 is 9.47 Å². The van der Waals surface area contributed by atoms with E-state index in [2.05, 4.69) is 4.99 Å². The molecule has 0 atom stereocenters. The molecule has 30 heavy (non-hydrogen) atoms. The summed E-state index contributed by atoms with van der Waals surface area (Å²) in [4.78, 5) is 28.6. The fourth-order valence-electron chi connectivity index (χ4n) is 2.72. The number of carbonyl (C=O) groups is 2. The summed E-state index contributed by atoms with van der Waals surface area (Å²) >= 11 is 6.32. The van der Waals surface area contributed by atoms with Gasteiger partial charge in [0.2, 0.25) is 0 Å². The van der Waals surface area contributed by atoms with Crippen molar-refractivity contribution in [2.45, 2.75) is 0 Å². The second-order valence-electron chi connectivity index (χ2n) is 6.10. The van der Waals surface area contributed by atoms with Gasteiger partial charge in [0.1, 0.15) is 0 Å². The van der Waals surface area contributed by atoms with Gasteiger partial charge in [-0.2, -0.15) is 0 Å². The molecule has 3 aromatic rings. The van der Waals surface area contributed by atoms with Crippen LogP contribution in [0.1, 0.15) is 21.7 Å². The van der Waals surface area contributed by atoms with Crippen LogP contribution in [0, 0.1) is 0 Å². The molecule has 0 saturated carbocycles. The number of benzene rings is 2. The Morgan fingerprint density at radius 2 is 1.93 bits per heavy atom. The Bertz CT molecular complexity index is 1170. The van der Waals surface area contributed by atoms with Crippen molar-refractivity contribution in [1.82, 2.24) is 0 Å². The highest BCUT2D eigenvalue weighted by Crippen LogP contribution is 2.38. The van der Waals surface area contributed by atoms with Gasteiger partial charge in [-0.15, -0.1) is 0 Å². The van der Waals surface area contributed by atoms with E-state index in [-0.39, 0.29) is 28.1 Å². The van der Waals surface area contributed by atoms with Gasteiger partial charge in [-0.1, -0.05) is 29.8 Å². The van der Waals surface area contributed by atoms with Crippen molar-refractivity contribution in [2.24, 2.45) is 4.99 Å². The van der Waals surface area contributed by atoms with Gasteiger partial charge in [0.25, 0.3) is 5.90 Å². The van der Waals surface area contributed by atoms with Crippen LogP contribution in [0.25, 0.3) is 6.08 Å². The minimum Gasteiger partial charge on any atom is -0.493 e. The number of nitrogens with zero attached hydrogens (tertiary/aromatic N) is 1. The third-order valence-electron chi connectivity index (χ3n) is 4.11. The van der Waals surface area contributed by atoms with Crippen molar-refractivity contribution in [3.8, 4) is 11.5 Å². The first-order valence-corrected chi connectivity index (χ1v) is 9.14. The maximum absolute atomic E-state index is 12.4. The van der Waals surface area contributed by atoms with Crippen LogP contribution in [-0.2, 0) is 9.53 Å². The Morgan fingerprint density at radius 1 is 1.13 bits per heavy atom. The lowest BCUT2D eigenvalue weighted by atomic mass is 10.1. The van der Waals surface area contributed by atoms with Crippen molar-refractivity contribution in [2.75, 3.05) is 7.11 Å². The smallest absolute Gasteiger partial charge is 0.363 e. The number of ether oxygens (including phenoxy) is 3. The Hall–Kier alpha value is -3.84. The first-order chi connectivity index (χ1) is 14.5. The van der Waals surface area contributed by atoms with Crippen molar-refractivity contribution in [1.29, 1.82) is 0 Å². The van der Waals surface area contributed by atoms with Crippen LogP contribution in [0.15, 0.2) is 76.0 Å². The molecule has 7 nitrogen and oxygen atoms in total. The minimum atomic E-state index is -0.629. The monoisotopic (exact) mass is 423 g/mol. The summed E-state index contributed by atoms with van der Waals surface area (Å²) in [5.74, 6) is -0.498. The molecule has 2 aromatic carbocycles. The zero-order valence-electron chi connectivity index (χ0n) is 15.6. The Kier molecular flexibility index (Phi) is 5.36. The second kappa shape index (κ2) is 8.26. The predicted octanol–water partition coefficient (Wildman–Crippen LogP) is 4.51. The number of methoxy groups -OCH3 is 1. The fourth-order valence-corrected chi connectivity index (χ4v) is 2.98. The number of furan rings is 1. The van der Waals surface area contributed by atoms with E-state index in [9.17, 15) is 9.59 Å². The van der Waals surface area contributed by atoms with E-state index in [4.69, 9.17) is 30.2 Å². The number of cyclic esters (lactones) is 1. The first-order valence-electron chi connectivity index (χ1n) is 8.76. The molecule has 1 aliphatic heterocycles. The molecule has 1 aromatic heterocycles. The van der Waals surface area contributed by atoms with Gasteiger partial charge >= 0.3 is 11.9 Å². The molecule has 0 saturated heterocycles. The molecule has 1 aliphatic rings. The van der Waals surface area contributed by atoms with Crippen molar-refractivity contribution in [3.05, 3.63) is 88.5 Å². The van der Waals surface area contributed by atoms with Gasteiger partial charge in [-0.3, -0.25) is 0 Å². The van der Waals surface area contributed by atoms with Crippen LogP contribution in [0.2, 0.25) is 5.02 Å². The average molecular weight is 424 g/mol. The van der Waals surface area contributed by atoms with E-state index in [1.165, 1.54) is 25.5 Å². The summed E-state index contributed by atoms with van der Waals surface area (Å²) < 4.78 is 21.0. The highest BCUT2D eigenvalue weighted by atomic mass is 35.5. The van der Waals surface area contributed by atoms with Crippen LogP contribution in [0.5, 0.6) is 11.5 Å². The number of halogens is 1. The second-order valence-corrected chi connectivity index (χ2v) is 6.51. The molecule has 0 bridgehead atoms. The van der Waals surface area contributed by atoms with Crippen molar-refractivity contribution >= 4 is 35.5 Å². The lowest BCUT2D eigenvalue weighted by molar-refractivity contribution is -0.130. The minimum absolute atomic E-state index is 0.0635. The fraction of sp³-hybridized carbons (Fsp3) is 0.0455. The average Bonchev–Trinajstić information content (AvgIpc) is 3.40. The third-order valence-corrected chi connectivity index (χ3v) is 4.39. The molecule has 0 radical (unpaired) electrons. The normalized spacial score (nSPS) is 14.4. The Balaban J connectivity index is 1.63. The maximum atomic E-state index is 12.4. The number of hydrogen-bond donors (Lipinski definition) is 0. The summed E-state index contributed by atoms with van der Waals surface area (Å²) in [5.41, 5.74) is 0.941. The molecule has 0 fully saturated rings. The molecule has 0 unspecified atom stereocenters. The SMILES string of the molecule is COc1cc(/C=C2\N=C(c3ccco3)OC2=O)cc(Cl)c1OC(=O)c1ccccc1. The Labute approximate surface area is 176 Å². The van der Waals surface area contributed by atoms with Crippen LogP contribution in [-0.4, -0.2) is 24.9 Å². The molecule has 4 rings (SSSR count). The lowest BCUT2D eigenvalue weighted by Gasteiger charge is -2.12. The standard InChI is InChI=1S/C22H14ClNO6/c1-27-18-12-13(11-16-22(26)30-20(24-16)17-8-5-9-28-17)10-15(23)19(18)29-21(25)14-6-3-2-4-7-14/h2-12H,1H3/b16-11-. The van der Waals surface area contributed by atoms with Crippen LogP contribution in [0.4, 0.5) is 0 Å². The molecule has 0 aliphatic carbocycles. The molecule has 150 valence electrons. The van der Waals surface area contributed by atoms with E-state index in [1.807, 2.05) is 0 Å². The van der Waals surface area contributed by atoms with Gasteiger partial charge in [0, 0.05) is 0 Å². The first kappa shape index (κ1) is 19.5. The molecule has 8 heteroatoms. The summed E-state index contributed by atoms with van der Waals surface area (Å²) in [6.07, 6.45) is 2.93. The quantitative estimate of drug-likeness (QED) is 0.341. The zero-order valence-corrected chi connectivity index (χ0v) is 16.4. The summed E-state index contributed by atoms with van der Waals surface area (Å²) in [7, 11) is 1.42. The molecule has 0 N–H and O–H groups in total. The molecular formula is C22H14ClNO6. The number of hydrogen-bond acceptors (Lipinski definition) is 7. The van der Waals surface area contributed by atoms with Gasteiger partial charge < -0.3 is 18.6 Å². The number of aliphatic imine (C=N–C) groups is 1.